The van der Waals surface area contributed by atoms with Gasteiger partial charge in [0.15, 0.2) is 0 Å². The fourth-order valence-electron chi connectivity index (χ4n) is 2.05. The lowest BCUT2D eigenvalue weighted by Crippen LogP contribution is -2.04. The van der Waals surface area contributed by atoms with E-state index >= 15 is 0 Å². The van der Waals surface area contributed by atoms with Crippen LogP contribution in [0.4, 0.5) is 5.82 Å². The van der Waals surface area contributed by atoms with E-state index in [1.54, 1.807) is 18.2 Å². The number of anilines is 1. The van der Waals surface area contributed by atoms with Crippen molar-refractivity contribution >= 4 is 29.0 Å². The van der Waals surface area contributed by atoms with E-state index in [0.717, 1.165) is 30.0 Å². The molecule has 0 amide bonds. The van der Waals surface area contributed by atoms with Crippen LogP contribution in [0.5, 0.6) is 11.6 Å². The Balaban J connectivity index is 2.01. The minimum atomic E-state index is 0.385. The third-order valence-electron chi connectivity index (χ3n) is 3.42. The second-order valence-corrected chi connectivity index (χ2v) is 5.82. The van der Waals surface area contributed by atoms with Gasteiger partial charge < -0.3 is 10.1 Å². The molecule has 6 heteroatoms. The number of halogens is 2. The molecule has 1 saturated carbocycles. The highest BCUT2D eigenvalue weighted by Crippen LogP contribution is 2.41. The lowest BCUT2D eigenvalue weighted by atomic mass is 10.3. The molecule has 1 fully saturated rings. The van der Waals surface area contributed by atoms with E-state index in [1.807, 2.05) is 14.0 Å². The first kappa shape index (κ1) is 14.4. The van der Waals surface area contributed by atoms with Crippen molar-refractivity contribution in [1.82, 2.24) is 9.97 Å². The normalized spacial score (nSPS) is 14.1. The molecule has 1 aromatic heterocycles. The number of ether oxygens (including phenoxy) is 1. The standard InChI is InChI=1S/C15H15Cl2N3O/c1-8-13(18-2)19-14(9-6-7-9)20-15(8)21-11-5-3-4-10(16)12(11)17/h3-5,9H,6-7H2,1-2H3,(H,18,19,20). The van der Waals surface area contributed by atoms with Crippen LogP contribution >= 0.6 is 23.2 Å². The molecule has 0 bridgehead atoms. The van der Waals surface area contributed by atoms with E-state index in [1.165, 1.54) is 0 Å². The molecule has 2 aromatic rings. The van der Waals surface area contributed by atoms with Gasteiger partial charge in [-0.3, -0.25) is 0 Å². The van der Waals surface area contributed by atoms with Gasteiger partial charge in [0, 0.05) is 13.0 Å². The molecular formula is C15H15Cl2N3O. The summed E-state index contributed by atoms with van der Waals surface area (Å²) in [7, 11) is 1.84. The monoisotopic (exact) mass is 323 g/mol. The summed E-state index contributed by atoms with van der Waals surface area (Å²) in [6.45, 7) is 1.91. The SMILES string of the molecule is CNc1nc(C2CC2)nc(Oc2cccc(Cl)c2Cl)c1C. The quantitative estimate of drug-likeness (QED) is 0.877. The lowest BCUT2D eigenvalue weighted by Gasteiger charge is -2.13. The molecule has 0 atom stereocenters. The maximum absolute atomic E-state index is 6.17. The van der Waals surface area contributed by atoms with Crippen LogP contribution < -0.4 is 10.1 Å². The first-order valence-electron chi connectivity index (χ1n) is 6.78. The number of hydrogen-bond donors (Lipinski definition) is 1. The molecule has 0 saturated heterocycles. The van der Waals surface area contributed by atoms with Crippen molar-refractivity contribution < 1.29 is 4.74 Å². The maximum atomic E-state index is 6.17. The Morgan fingerprint density at radius 1 is 1.24 bits per heavy atom. The summed E-state index contributed by atoms with van der Waals surface area (Å²) in [5.74, 6) is 3.04. The molecule has 1 aliphatic carbocycles. The van der Waals surface area contributed by atoms with Crippen molar-refractivity contribution in [1.29, 1.82) is 0 Å². The zero-order valence-corrected chi connectivity index (χ0v) is 13.3. The van der Waals surface area contributed by atoms with Crippen LogP contribution in [-0.4, -0.2) is 17.0 Å². The van der Waals surface area contributed by atoms with Crippen molar-refractivity contribution in [2.45, 2.75) is 25.7 Å². The van der Waals surface area contributed by atoms with Gasteiger partial charge in [-0.05, 0) is 31.9 Å². The van der Waals surface area contributed by atoms with E-state index < -0.39 is 0 Å². The van der Waals surface area contributed by atoms with Gasteiger partial charge in [0.05, 0.1) is 10.6 Å². The minimum absolute atomic E-state index is 0.385. The second-order valence-electron chi connectivity index (χ2n) is 5.04. The van der Waals surface area contributed by atoms with E-state index in [9.17, 15) is 0 Å². The van der Waals surface area contributed by atoms with E-state index in [0.29, 0.717) is 27.6 Å². The third kappa shape index (κ3) is 2.92. The van der Waals surface area contributed by atoms with Gasteiger partial charge in [-0.25, -0.2) is 4.98 Å². The number of nitrogens with zero attached hydrogens (tertiary/aromatic N) is 2. The van der Waals surface area contributed by atoms with Gasteiger partial charge in [0.25, 0.3) is 0 Å². The number of hydrogen-bond acceptors (Lipinski definition) is 4. The molecule has 1 N–H and O–H groups in total. The van der Waals surface area contributed by atoms with Crippen LogP contribution in [0, 0.1) is 6.92 Å². The molecule has 1 aliphatic rings. The molecule has 1 heterocycles. The van der Waals surface area contributed by atoms with Crippen molar-refractivity contribution in [2.24, 2.45) is 0 Å². The van der Waals surface area contributed by atoms with E-state index in [-0.39, 0.29) is 0 Å². The second kappa shape index (κ2) is 5.70. The van der Waals surface area contributed by atoms with Crippen LogP contribution in [-0.2, 0) is 0 Å². The van der Waals surface area contributed by atoms with Gasteiger partial charge >= 0.3 is 0 Å². The van der Waals surface area contributed by atoms with Crippen LogP contribution in [0.3, 0.4) is 0 Å². The molecule has 4 nitrogen and oxygen atoms in total. The number of nitrogens with one attached hydrogen (secondary N) is 1. The number of aromatic nitrogens is 2. The van der Waals surface area contributed by atoms with Crippen molar-refractivity contribution in [3.05, 3.63) is 39.6 Å². The summed E-state index contributed by atoms with van der Waals surface area (Å²) < 4.78 is 5.87. The molecule has 1 aromatic carbocycles. The van der Waals surface area contributed by atoms with Gasteiger partial charge in [-0.2, -0.15) is 4.98 Å². The molecule has 3 rings (SSSR count). The molecule has 21 heavy (non-hydrogen) atoms. The minimum Gasteiger partial charge on any atom is -0.437 e. The molecule has 0 aliphatic heterocycles. The van der Waals surface area contributed by atoms with Gasteiger partial charge in [-0.15, -0.1) is 0 Å². The summed E-state index contributed by atoms with van der Waals surface area (Å²) in [5.41, 5.74) is 0.845. The first-order chi connectivity index (χ1) is 10.1. The summed E-state index contributed by atoms with van der Waals surface area (Å²) in [6.07, 6.45) is 2.26. The Bertz CT molecular complexity index is 687. The predicted octanol–water partition coefficient (Wildman–Crippen LogP) is 4.80. The zero-order chi connectivity index (χ0) is 15.0. The molecule has 0 radical (unpaired) electrons. The van der Waals surface area contributed by atoms with Gasteiger partial charge in [-0.1, -0.05) is 29.3 Å². The van der Waals surface area contributed by atoms with Crippen LogP contribution in [0.1, 0.15) is 30.1 Å². The molecule has 110 valence electrons. The fraction of sp³-hybridized carbons (Fsp3) is 0.333. The Morgan fingerprint density at radius 3 is 2.67 bits per heavy atom. The van der Waals surface area contributed by atoms with Crippen LogP contribution in [0.15, 0.2) is 18.2 Å². The highest BCUT2D eigenvalue weighted by Gasteiger charge is 2.28. The Labute approximate surface area is 133 Å². The van der Waals surface area contributed by atoms with E-state index in [2.05, 4.69) is 15.3 Å². The Hall–Kier alpha value is -1.52. The maximum Gasteiger partial charge on any atom is 0.227 e. The summed E-state index contributed by atoms with van der Waals surface area (Å²) in [5, 5.41) is 3.92. The summed E-state index contributed by atoms with van der Waals surface area (Å²) >= 11 is 12.2. The van der Waals surface area contributed by atoms with Crippen LogP contribution in [0.2, 0.25) is 10.0 Å². The highest BCUT2D eigenvalue weighted by molar-refractivity contribution is 6.42. The summed E-state index contributed by atoms with van der Waals surface area (Å²) in [6, 6.07) is 5.28. The zero-order valence-electron chi connectivity index (χ0n) is 11.8. The lowest BCUT2D eigenvalue weighted by molar-refractivity contribution is 0.455. The number of rotatable bonds is 4. The van der Waals surface area contributed by atoms with E-state index in [4.69, 9.17) is 27.9 Å². The summed E-state index contributed by atoms with van der Waals surface area (Å²) in [4.78, 5) is 9.07. The Morgan fingerprint density at radius 2 is 2.00 bits per heavy atom. The average molecular weight is 324 g/mol. The third-order valence-corrected chi connectivity index (χ3v) is 4.22. The average Bonchev–Trinajstić information content (AvgIpc) is 3.30. The van der Waals surface area contributed by atoms with Crippen molar-refractivity contribution in [2.75, 3.05) is 12.4 Å². The molecule has 0 spiro atoms. The Kier molecular flexibility index (Phi) is 3.91. The number of benzene rings is 1. The van der Waals surface area contributed by atoms with Crippen molar-refractivity contribution in [3.8, 4) is 11.6 Å². The van der Waals surface area contributed by atoms with Gasteiger partial charge in [0.1, 0.15) is 22.4 Å². The smallest absolute Gasteiger partial charge is 0.227 e. The predicted molar refractivity (Wildman–Crippen MR) is 84.8 cm³/mol. The first-order valence-corrected chi connectivity index (χ1v) is 7.54. The molecule has 0 unspecified atom stereocenters. The van der Waals surface area contributed by atoms with Gasteiger partial charge in [0.2, 0.25) is 5.88 Å². The molecular weight excluding hydrogens is 309 g/mol. The fourth-order valence-corrected chi connectivity index (χ4v) is 2.38. The highest BCUT2D eigenvalue weighted by atomic mass is 35.5. The van der Waals surface area contributed by atoms with Crippen LogP contribution in [0.25, 0.3) is 0 Å². The largest absolute Gasteiger partial charge is 0.437 e. The van der Waals surface area contributed by atoms with Crippen molar-refractivity contribution in [3.63, 3.8) is 0 Å². The topological polar surface area (TPSA) is 47.0 Å².